The third kappa shape index (κ3) is 3.03. The molecule has 0 aliphatic carbocycles. The van der Waals surface area contributed by atoms with Crippen molar-refractivity contribution in [2.24, 2.45) is 0 Å². The van der Waals surface area contributed by atoms with E-state index in [0.717, 1.165) is 5.39 Å². The molecular formula is C17H20O7. The van der Waals surface area contributed by atoms with E-state index < -0.39 is 35.8 Å². The van der Waals surface area contributed by atoms with E-state index in [1.807, 2.05) is 0 Å². The maximum Gasteiger partial charge on any atom is 0.336 e. The summed E-state index contributed by atoms with van der Waals surface area (Å²) in [6.07, 6.45) is -4.24. The molecule has 1 fully saturated rings. The molecule has 0 saturated carbocycles. The van der Waals surface area contributed by atoms with Gasteiger partial charge in [0.15, 0.2) is 0 Å². The van der Waals surface area contributed by atoms with E-state index in [-0.39, 0.29) is 0 Å². The van der Waals surface area contributed by atoms with Gasteiger partial charge in [-0.1, -0.05) is 0 Å². The molecule has 0 radical (unpaired) electrons. The fourth-order valence-electron chi connectivity index (χ4n) is 2.95. The van der Waals surface area contributed by atoms with Crippen molar-refractivity contribution in [3.05, 3.63) is 40.8 Å². The number of fused-ring (bicyclic) bond motifs is 1. The Hall–Kier alpha value is -1.93. The summed E-state index contributed by atoms with van der Waals surface area (Å²) >= 11 is 0. The van der Waals surface area contributed by atoms with Crippen molar-refractivity contribution in [3.8, 4) is 5.75 Å². The van der Waals surface area contributed by atoms with E-state index in [1.165, 1.54) is 19.2 Å². The number of ether oxygens (including phenoxy) is 3. The fourth-order valence-corrected chi connectivity index (χ4v) is 2.95. The molecule has 2 unspecified atom stereocenters. The second-order valence-corrected chi connectivity index (χ2v) is 6.30. The van der Waals surface area contributed by atoms with Gasteiger partial charge in [0.2, 0.25) is 6.29 Å². The summed E-state index contributed by atoms with van der Waals surface area (Å²) in [5, 5.41) is 21.2. The lowest BCUT2D eigenvalue weighted by Gasteiger charge is -2.46. The summed E-state index contributed by atoms with van der Waals surface area (Å²) in [6.45, 7) is 3.48. The van der Waals surface area contributed by atoms with Gasteiger partial charge in [0.05, 0.1) is 5.60 Å². The highest BCUT2D eigenvalue weighted by Crippen LogP contribution is 2.33. The van der Waals surface area contributed by atoms with Gasteiger partial charge in [-0.05, 0) is 32.0 Å². The number of benzene rings is 1. The van der Waals surface area contributed by atoms with Gasteiger partial charge in [-0.25, -0.2) is 4.79 Å². The predicted molar refractivity (Wildman–Crippen MR) is 84.9 cm³/mol. The van der Waals surface area contributed by atoms with Gasteiger partial charge < -0.3 is 28.8 Å². The molecule has 0 spiro atoms. The van der Waals surface area contributed by atoms with Crippen molar-refractivity contribution >= 4 is 11.0 Å². The zero-order valence-corrected chi connectivity index (χ0v) is 13.6. The molecular weight excluding hydrogens is 316 g/mol. The number of methoxy groups -OCH3 is 1. The molecule has 2 aromatic rings. The van der Waals surface area contributed by atoms with Crippen molar-refractivity contribution < 1.29 is 28.8 Å². The van der Waals surface area contributed by atoms with Crippen LogP contribution < -0.4 is 10.4 Å². The molecule has 0 bridgehead atoms. The summed E-state index contributed by atoms with van der Waals surface area (Å²) in [5.74, 6) is 0.347. The smallest absolute Gasteiger partial charge is 0.336 e. The summed E-state index contributed by atoms with van der Waals surface area (Å²) in [5.41, 5.74) is -0.963. The second-order valence-electron chi connectivity index (χ2n) is 6.30. The lowest BCUT2D eigenvalue weighted by atomic mass is 9.89. The largest absolute Gasteiger partial charge is 0.462 e. The Kier molecular flexibility index (Phi) is 4.35. The normalized spacial score (nSPS) is 29.5. The van der Waals surface area contributed by atoms with Crippen LogP contribution in [0.3, 0.4) is 0 Å². The average Bonchev–Trinajstić information content (AvgIpc) is 2.52. The zero-order valence-electron chi connectivity index (χ0n) is 13.6. The molecule has 7 nitrogen and oxygen atoms in total. The van der Waals surface area contributed by atoms with Crippen molar-refractivity contribution in [1.82, 2.24) is 0 Å². The Balaban J connectivity index is 1.86. The summed E-state index contributed by atoms with van der Waals surface area (Å²) in [7, 11) is 1.44. The maximum absolute atomic E-state index is 11.3. The first kappa shape index (κ1) is 16.9. The molecule has 1 aliphatic heterocycles. The lowest BCUT2D eigenvalue weighted by molar-refractivity contribution is -0.305. The molecule has 1 aromatic carbocycles. The Morgan fingerprint density at radius 3 is 2.54 bits per heavy atom. The Morgan fingerprint density at radius 2 is 1.83 bits per heavy atom. The average molecular weight is 336 g/mol. The van der Waals surface area contributed by atoms with Gasteiger partial charge in [-0.2, -0.15) is 0 Å². The van der Waals surface area contributed by atoms with Gasteiger partial charge in [0.1, 0.15) is 29.6 Å². The molecule has 1 aromatic heterocycles. The van der Waals surface area contributed by atoms with Crippen molar-refractivity contribution in [2.45, 2.75) is 44.1 Å². The Morgan fingerprint density at radius 1 is 1.12 bits per heavy atom. The van der Waals surface area contributed by atoms with E-state index in [9.17, 15) is 15.0 Å². The minimum absolute atomic E-state index is 0.347. The highest BCUT2D eigenvalue weighted by molar-refractivity contribution is 5.77. The van der Waals surface area contributed by atoms with E-state index in [2.05, 4.69) is 0 Å². The highest BCUT2D eigenvalue weighted by Gasteiger charge is 2.50. The van der Waals surface area contributed by atoms with Crippen molar-refractivity contribution in [3.63, 3.8) is 0 Å². The van der Waals surface area contributed by atoms with Crippen LogP contribution in [0.5, 0.6) is 5.75 Å². The van der Waals surface area contributed by atoms with E-state index in [4.69, 9.17) is 18.6 Å². The Labute approximate surface area is 138 Å². The van der Waals surface area contributed by atoms with Crippen LogP contribution in [0.15, 0.2) is 39.5 Å². The van der Waals surface area contributed by atoms with E-state index >= 15 is 0 Å². The third-order valence-electron chi connectivity index (χ3n) is 4.14. The third-order valence-corrected chi connectivity index (χ3v) is 4.14. The first-order chi connectivity index (χ1) is 11.3. The first-order valence-corrected chi connectivity index (χ1v) is 7.59. The number of hydrogen-bond donors (Lipinski definition) is 2. The standard InChI is InChI=1S/C17H20O7/c1-17(2)15(21-3)13(19)14(20)16(24-17)22-10-6-4-9-5-7-12(18)23-11(9)8-10/h4-8,13-16,19-20H,1-3H3/t13-,14+,15?,16?/m1/s1. The number of aliphatic hydroxyl groups is 2. The molecule has 130 valence electrons. The van der Waals surface area contributed by atoms with Crippen molar-refractivity contribution in [1.29, 1.82) is 0 Å². The molecule has 2 heterocycles. The van der Waals surface area contributed by atoms with Gasteiger partial charge >= 0.3 is 5.63 Å². The maximum atomic E-state index is 11.3. The van der Waals surface area contributed by atoms with E-state index in [0.29, 0.717) is 11.3 Å². The fraction of sp³-hybridized carbons (Fsp3) is 0.471. The van der Waals surface area contributed by atoms with Crippen LogP contribution >= 0.6 is 0 Å². The molecule has 4 atom stereocenters. The molecule has 24 heavy (non-hydrogen) atoms. The number of hydrogen-bond acceptors (Lipinski definition) is 7. The monoisotopic (exact) mass is 336 g/mol. The van der Waals surface area contributed by atoms with Crippen LogP contribution in [0.4, 0.5) is 0 Å². The molecule has 3 rings (SSSR count). The van der Waals surface area contributed by atoms with Crippen LogP contribution in [0.1, 0.15) is 13.8 Å². The highest BCUT2D eigenvalue weighted by atomic mass is 16.7. The summed E-state index contributed by atoms with van der Waals surface area (Å²) in [4.78, 5) is 11.3. The van der Waals surface area contributed by atoms with Gasteiger partial charge in [-0.3, -0.25) is 0 Å². The second kappa shape index (κ2) is 6.18. The predicted octanol–water partition coefficient (Wildman–Crippen LogP) is 1.04. The van der Waals surface area contributed by atoms with Crippen molar-refractivity contribution in [2.75, 3.05) is 7.11 Å². The van der Waals surface area contributed by atoms with E-state index in [1.54, 1.807) is 32.0 Å². The minimum Gasteiger partial charge on any atom is -0.462 e. The molecule has 2 N–H and O–H groups in total. The summed E-state index contributed by atoms with van der Waals surface area (Å²) < 4.78 is 21.7. The molecule has 0 amide bonds. The Bertz CT molecular complexity index is 782. The van der Waals surface area contributed by atoms with Gasteiger partial charge in [0.25, 0.3) is 0 Å². The minimum atomic E-state index is -1.29. The first-order valence-electron chi connectivity index (χ1n) is 7.59. The number of rotatable bonds is 3. The SMILES string of the molecule is COC1[C@H](O)[C@H](O)C(Oc2ccc3ccc(=O)oc3c2)OC1(C)C. The number of aliphatic hydroxyl groups excluding tert-OH is 2. The van der Waals surface area contributed by atoms with Crippen LogP contribution in [-0.2, 0) is 9.47 Å². The molecule has 7 heteroatoms. The quantitative estimate of drug-likeness (QED) is 0.808. The zero-order chi connectivity index (χ0) is 17.5. The topological polar surface area (TPSA) is 98.4 Å². The van der Waals surface area contributed by atoms with Crippen LogP contribution in [0, 0.1) is 0 Å². The van der Waals surface area contributed by atoms with Gasteiger partial charge in [-0.15, -0.1) is 0 Å². The van der Waals surface area contributed by atoms with Crippen LogP contribution in [-0.4, -0.2) is 47.5 Å². The van der Waals surface area contributed by atoms with Gasteiger partial charge in [0, 0.05) is 24.6 Å². The molecule has 1 saturated heterocycles. The summed E-state index contributed by atoms with van der Waals surface area (Å²) in [6, 6.07) is 7.91. The van der Waals surface area contributed by atoms with Crippen LogP contribution in [0.2, 0.25) is 0 Å². The molecule has 1 aliphatic rings. The van der Waals surface area contributed by atoms with Crippen LogP contribution in [0.25, 0.3) is 11.0 Å². The lowest BCUT2D eigenvalue weighted by Crippen LogP contribution is -2.63.